The molecular weight excluding hydrogens is 483 g/mol. The molecule has 4 rings (SSSR count). The fourth-order valence-electron chi connectivity index (χ4n) is 5.08. The van der Waals surface area contributed by atoms with Gasteiger partial charge in [0.2, 0.25) is 0 Å². The predicted octanol–water partition coefficient (Wildman–Crippen LogP) is 3.10. The van der Waals surface area contributed by atoms with E-state index in [9.17, 15) is 0 Å². The number of piperazine rings is 1. The summed E-state index contributed by atoms with van der Waals surface area (Å²) >= 11 is 1.68. The van der Waals surface area contributed by atoms with E-state index < -0.39 is 0 Å². The fourth-order valence-corrected chi connectivity index (χ4v) is 5.83. The number of nitrogens with one attached hydrogen (secondary N) is 1. The Morgan fingerprint density at radius 1 is 1.25 bits per heavy atom. The van der Waals surface area contributed by atoms with Gasteiger partial charge < -0.3 is 15.1 Å². The number of hydrogen-bond donors (Lipinski definition) is 1. The lowest BCUT2D eigenvalue weighted by Crippen LogP contribution is -2.55. The van der Waals surface area contributed by atoms with Crippen LogP contribution < -0.4 is 10.2 Å². The maximum Gasteiger partial charge on any atom is 0.194 e. The molecule has 158 valence electrons. The summed E-state index contributed by atoms with van der Waals surface area (Å²) in [5.74, 6) is 3.06. The SMILES string of the molecule is CCNC(=NCc1csc(N(C)C)n1)N1CCN(C2CC3CCC2C3)CC1.I. The van der Waals surface area contributed by atoms with Crippen molar-refractivity contribution in [3.63, 3.8) is 0 Å². The van der Waals surface area contributed by atoms with Crippen molar-refractivity contribution in [2.45, 2.75) is 45.2 Å². The zero-order chi connectivity index (χ0) is 18.8. The summed E-state index contributed by atoms with van der Waals surface area (Å²) < 4.78 is 0. The monoisotopic (exact) mass is 518 g/mol. The highest BCUT2D eigenvalue weighted by atomic mass is 127. The molecule has 3 fully saturated rings. The summed E-state index contributed by atoms with van der Waals surface area (Å²) in [5, 5.41) is 6.65. The van der Waals surface area contributed by atoms with E-state index in [4.69, 9.17) is 4.99 Å². The molecule has 3 atom stereocenters. The molecule has 1 N–H and O–H groups in total. The average molecular weight is 519 g/mol. The Balaban J connectivity index is 0.00000225. The molecule has 1 saturated heterocycles. The molecule has 0 amide bonds. The average Bonchev–Trinajstić information content (AvgIpc) is 3.42. The number of hydrogen-bond acceptors (Lipinski definition) is 5. The van der Waals surface area contributed by atoms with Gasteiger partial charge in [0.15, 0.2) is 11.1 Å². The van der Waals surface area contributed by atoms with E-state index in [1.54, 1.807) is 11.3 Å². The third kappa shape index (κ3) is 4.92. The van der Waals surface area contributed by atoms with Crippen molar-refractivity contribution in [2.24, 2.45) is 16.8 Å². The maximum absolute atomic E-state index is 4.88. The summed E-state index contributed by atoms with van der Waals surface area (Å²) in [6, 6.07) is 0.866. The van der Waals surface area contributed by atoms with Crippen molar-refractivity contribution < 1.29 is 0 Å². The molecule has 8 heteroatoms. The molecule has 1 aliphatic heterocycles. The lowest BCUT2D eigenvalue weighted by molar-refractivity contribution is 0.0958. The standard InChI is InChI=1S/C20H34N6S.HI/c1-4-21-19(22-13-17-14-27-20(23-17)24(2)3)26-9-7-25(8-10-26)18-12-15-5-6-16(18)11-15;/h14-16,18H,4-13H2,1-3H3,(H,21,22);1H. The van der Waals surface area contributed by atoms with E-state index in [0.29, 0.717) is 6.54 Å². The van der Waals surface area contributed by atoms with Crippen LogP contribution in [0.4, 0.5) is 5.13 Å². The van der Waals surface area contributed by atoms with Crippen LogP contribution in [0.2, 0.25) is 0 Å². The first kappa shape index (κ1) is 22.1. The Morgan fingerprint density at radius 3 is 2.61 bits per heavy atom. The van der Waals surface area contributed by atoms with Crippen LogP contribution in [0.5, 0.6) is 0 Å². The van der Waals surface area contributed by atoms with E-state index in [1.165, 1.54) is 38.8 Å². The number of aliphatic imine (C=N–C) groups is 1. The van der Waals surface area contributed by atoms with E-state index in [1.807, 2.05) is 14.1 Å². The Kier molecular flexibility index (Phi) is 7.83. The van der Waals surface area contributed by atoms with Crippen molar-refractivity contribution in [1.82, 2.24) is 20.1 Å². The topological polar surface area (TPSA) is 47.0 Å². The van der Waals surface area contributed by atoms with Gasteiger partial charge in [-0.3, -0.25) is 4.90 Å². The highest BCUT2D eigenvalue weighted by Crippen LogP contribution is 2.46. The van der Waals surface area contributed by atoms with Crippen molar-refractivity contribution in [1.29, 1.82) is 0 Å². The van der Waals surface area contributed by atoms with Crippen molar-refractivity contribution in [2.75, 3.05) is 51.7 Å². The van der Waals surface area contributed by atoms with Gasteiger partial charge in [0.1, 0.15) is 0 Å². The number of anilines is 1. The summed E-state index contributed by atoms with van der Waals surface area (Å²) in [5.41, 5.74) is 1.06. The summed E-state index contributed by atoms with van der Waals surface area (Å²) in [6.07, 6.45) is 5.92. The molecule has 0 aromatic carbocycles. The Morgan fingerprint density at radius 2 is 2.04 bits per heavy atom. The minimum atomic E-state index is 0. The van der Waals surface area contributed by atoms with Crippen molar-refractivity contribution >= 4 is 46.4 Å². The maximum atomic E-state index is 4.88. The number of guanidine groups is 1. The number of aromatic nitrogens is 1. The fraction of sp³-hybridized carbons (Fsp3) is 0.800. The molecule has 2 saturated carbocycles. The van der Waals surface area contributed by atoms with Gasteiger partial charge in [0, 0.05) is 58.2 Å². The molecule has 3 aliphatic rings. The first-order chi connectivity index (χ1) is 13.1. The number of fused-ring (bicyclic) bond motifs is 2. The highest BCUT2D eigenvalue weighted by molar-refractivity contribution is 14.0. The smallest absolute Gasteiger partial charge is 0.194 e. The second-order valence-electron chi connectivity index (χ2n) is 8.45. The number of rotatable bonds is 5. The van der Waals surface area contributed by atoms with Crippen LogP contribution >= 0.6 is 35.3 Å². The molecule has 2 aliphatic carbocycles. The molecule has 1 aromatic rings. The molecule has 2 heterocycles. The van der Waals surface area contributed by atoms with Gasteiger partial charge in [-0.05, 0) is 38.0 Å². The highest BCUT2D eigenvalue weighted by Gasteiger charge is 2.42. The van der Waals surface area contributed by atoms with Crippen LogP contribution in [-0.4, -0.2) is 73.6 Å². The zero-order valence-electron chi connectivity index (χ0n) is 17.4. The van der Waals surface area contributed by atoms with E-state index in [2.05, 4.69) is 37.3 Å². The van der Waals surface area contributed by atoms with Gasteiger partial charge in [-0.15, -0.1) is 35.3 Å². The molecule has 1 aromatic heterocycles. The molecular formula is C20H35IN6S. The number of thiazole rings is 1. The predicted molar refractivity (Wildman–Crippen MR) is 129 cm³/mol. The minimum Gasteiger partial charge on any atom is -0.357 e. The molecule has 6 nitrogen and oxygen atoms in total. The third-order valence-corrected chi connectivity index (χ3v) is 7.49. The number of nitrogens with zero attached hydrogens (tertiary/aromatic N) is 5. The van der Waals surface area contributed by atoms with Crippen LogP contribution in [0.1, 0.15) is 38.3 Å². The Bertz CT molecular complexity index is 655. The van der Waals surface area contributed by atoms with E-state index in [0.717, 1.165) is 54.3 Å². The Hall–Kier alpha value is -0.610. The minimum absolute atomic E-state index is 0. The van der Waals surface area contributed by atoms with Crippen LogP contribution in [0.15, 0.2) is 10.4 Å². The molecule has 0 radical (unpaired) electrons. The molecule has 2 bridgehead atoms. The van der Waals surface area contributed by atoms with Gasteiger partial charge in [0.05, 0.1) is 12.2 Å². The van der Waals surface area contributed by atoms with E-state index >= 15 is 0 Å². The van der Waals surface area contributed by atoms with Gasteiger partial charge in [-0.25, -0.2) is 9.98 Å². The van der Waals surface area contributed by atoms with Crippen LogP contribution in [0.25, 0.3) is 0 Å². The molecule has 28 heavy (non-hydrogen) atoms. The Labute approximate surface area is 190 Å². The first-order valence-electron chi connectivity index (χ1n) is 10.5. The second-order valence-corrected chi connectivity index (χ2v) is 9.29. The summed E-state index contributed by atoms with van der Waals surface area (Å²) in [4.78, 5) is 16.8. The second kappa shape index (κ2) is 9.93. The molecule has 3 unspecified atom stereocenters. The normalized spacial score (nSPS) is 27.8. The van der Waals surface area contributed by atoms with Crippen LogP contribution in [0.3, 0.4) is 0 Å². The summed E-state index contributed by atoms with van der Waals surface area (Å²) in [7, 11) is 4.07. The van der Waals surface area contributed by atoms with Gasteiger partial charge in [-0.2, -0.15) is 0 Å². The van der Waals surface area contributed by atoms with Gasteiger partial charge in [-0.1, -0.05) is 6.42 Å². The van der Waals surface area contributed by atoms with Gasteiger partial charge in [0.25, 0.3) is 0 Å². The van der Waals surface area contributed by atoms with Crippen LogP contribution in [0, 0.1) is 11.8 Å². The lowest BCUT2D eigenvalue weighted by Gasteiger charge is -2.42. The van der Waals surface area contributed by atoms with Crippen molar-refractivity contribution in [3.05, 3.63) is 11.1 Å². The van der Waals surface area contributed by atoms with Gasteiger partial charge >= 0.3 is 0 Å². The quantitative estimate of drug-likeness (QED) is 0.369. The summed E-state index contributed by atoms with van der Waals surface area (Å²) in [6.45, 7) is 8.23. The number of halogens is 1. The lowest BCUT2D eigenvalue weighted by atomic mass is 9.93. The van der Waals surface area contributed by atoms with Crippen LogP contribution in [-0.2, 0) is 6.54 Å². The largest absolute Gasteiger partial charge is 0.357 e. The first-order valence-corrected chi connectivity index (χ1v) is 11.4. The third-order valence-electron chi connectivity index (χ3n) is 6.43. The molecule has 0 spiro atoms. The van der Waals surface area contributed by atoms with E-state index in [-0.39, 0.29) is 24.0 Å². The van der Waals surface area contributed by atoms with Crippen molar-refractivity contribution in [3.8, 4) is 0 Å². The zero-order valence-corrected chi connectivity index (χ0v) is 20.6.